The van der Waals surface area contributed by atoms with Crippen LogP contribution in [-0.2, 0) is 9.53 Å². The number of thioether (sulfide) groups is 1. The summed E-state index contributed by atoms with van der Waals surface area (Å²) in [4.78, 5) is 15.8. The first kappa shape index (κ1) is 14.7. The SMILES string of the molecule is COC(=O)[C@H]1CSC(C=Cc2ccc3cc(O)ccc3c2)=N1. The molecule has 1 aliphatic heterocycles. The van der Waals surface area contributed by atoms with E-state index in [4.69, 9.17) is 4.74 Å². The molecule has 5 heteroatoms. The normalized spacial score (nSPS) is 17.9. The lowest BCUT2D eigenvalue weighted by molar-refractivity contribution is -0.141. The molecule has 0 radical (unpaired) electrons. The van der Waals surface area contributed by atoms with Crippen LogP contribution < -0.4 is 0 Å². The zero-order valence-corrected chi connectivity index (χ0v) is 12.8. The summed E-state index contributed by atoms with van der Waals surface area (Å²) in [6.07, 6.45) is 3.88. The molecule has 2 aromatic rings. The van der Waals surface area contributed by atoms with E-state index in [2.05, 4.69) is 4.99 Å². The Hall–Kier alpha value is -2.27. The highest BCUT2D eigenvalue weighted by molar-refractivity contribution is 8.14. The highest BCUT2D eigenvalue weighted by Crippen LogP contribution is 2.23. The average Bonchev–Trinajstić information content (AvgIpc) is 3.01. The van der Waals surface area contributed by atoms with Gasteiger partial charge >= 0.3 is 5.97 Å². The molecule has 4 nitrogen and oxygen atoms in total. The molecule has 0 bridgehead atoms. The van der Waals surface area contributed by atoms with Crippen LogP contribution in [0.25, 0.3) is 16.8 Å². The fraction of sp³-hybridized carbons (Fsp3) is 0.176. The molecule has 22 heavy (non-hydrogen) atoms. The molecule has 1 aliphatic rings. The number of rotatable bonds is 3. The first-order valence-corrected chi connectivity index (χ1v) is 7.83. The number of hydrogen-bond donors (Lipinski definition) is 1. The Morgan fingerprint density at radius 2 is 2.05 bits per heavy atom. The topological polar surface area (TPSA) is 58.9 Å². The summed E-state index contributed by atoms with van der Waals surface area (Å²) in [6, 6.07) is 10.9. The number of nitrogens with zero attached hydrogens (tertiary/aromatic N) is 1. The van der Waals surface area contributed by atoms with Gasteiger partial charge in [0.2, 0.25) is 0 Å². The van der Waals surface area contributed by atoms with Crippen molar-refractivity contribution in [3.05, 3.63) is 48.0 Å². The van der Waals surface area contributed by atoms with E-state index in [1.54, 1.807) is 23.9 Å². The summed E-state index contributed by atoms with van der Waals surface area (Å²) in [6.45, 7) is 0. The quantitative estimate of drug-likeness (QED) is 0.884. The fourth-order valence-electron chi connectivity index (χ4n) is 2.26. The number of aliphatic imine (C=N–C) groups is 1. The summed E-state index contributed by atoms with van der Waals surface area (Å²) in [5.41, 5.74) is 1.04. The molecule has 112 valence electrons. The van der Waals surface area contributed by atoms with E-state index in [1.165, 1.54) is 7.11 Å². The predicted octanol–water partition coefficient (Wildman–Crippen LogP) is 3.25. The minimum absolute atomic E-state index is 0.265. The second-order valence-corrected chi connectivity index (χ2v) is 5.98. The van der Waals surface area contributed by atoms with Gasteiger partial charge in [-0.25, -0.2) is 4.79 Å². The van der Waals surface area contributed by atoms with Gasteiger partial charge in [-0.3, -0.25) is 4.99 Å². The number of phenols is 1. The molecule has 2 aromatic carbocycles. The van der Waals surface area contributed by atoms with Crippen molar-refractivity contribution in [2.75, 3.05) is 12.9 Å². The van der Waals surface area contributed by atoms with Gasteiger partial charge in [0.25, 0.3) is 0 Å². The molecule has 0 saturated heterocycles. The number of phenolic OH excluding ortho intramolecular Hbond substituents is 1. The third-order valence-electron chi connectivity index (χ3n) is 3.41. The van der Waals surface area contributed by atoms with Gasteiger partial charge in [-0.15, -0.1) is 11.8 Å². The molecule has 0 saturated carbocycles. The van der Waals surface area contributed by atoms with E-state index in [-0.39, 0.29) is 11.7 Å². The number of hydrogen-bond acceptors (Lipinski definition) is 5. The third kappa shape index (κ3) is 3.14. The molecule has 0 fully saturated rings. The lowest BCUT2D eigenvalue weighted by Gasteiger charge is -2.01. The maximum absolute atomic E-state index is 11.4. The van der Waals surface area contributed by atoms with Crippen LogP contribution in [0.5, 0.6) is 5.75 Å². The zero-order valence-electron chi connectivity index (χ0n) is 12.0. The van der Waals surface area contributed by atoms with E-state index >= 15 is 0 Å². The number of esters is 1. The molecule has 0 unspecified atom stereocenters. The summed E-state index contributed by atoms with van der Waals surface area (Å²) in [5.74, 6) is 0.603. The smallest absolute Gasteiger partial charge is 0.331 e. The van der Waals surface area contributed by atoms with Gasteiger partial charge in [-0.05, 0) is 40.6 Å². The monoisotopic (exact) mass is 313 g/mol. The van der Waals surface area contributed by atoms with Crippen molar-refractivity contribution >= 4 is 39.6 Å². The summed E-state index contributed by atoms with van der Waals surface area (Å²) >= 11 is 1.55. The first-order valence-electron chi connectivity index (χ1n) is 6.85. The largest absolute Gasteiger partial charge is 0.508 e. The molecule has 0 aliphatic carbocycles. The van der Waals surface area contributed by atoms with Gasteiger partial charge in [0, 0.05) is 5.75 Å². The molecular weight excluding hydrogens is 298 g/mol. The average molecular weight is 313 g/mol. The second-order valence-electron chi connectivity index (χ2n) is 4.94. The zero-order chi connectivity index (χ0) is 15.5. The van der Waals surface area contributed by atoms with Gasteiger partial charge in [0.15, 0.2) is 6.04 Å². The first-order chi connectivity index (χ1) is 10.7. The van der Waals surface area contributed by atoms with Crippen molar-refractivity contribution in [3.63, 3.8) is 0 Å². The number of carbonyl (C=O) groups is 1. The lowest BCUT2D eigenvalue weighted by Crippen LogP contribution is -2.19. The van der Waals surface area contributed by atoms with Gasteiger partial charge in [-0.2, -0.15) is 0 Å². The van der Waals surface area contributed by atoms with Crippen molar-refractivity contribution in [2.45, 2.75) is 6.04 Å². The third-order valence-corrected chi connectivity index (χ3v) is 4.43. The van der Waals surface area contributed by atoms with Crippen molar-refractivity contribution in [2.24, 2.45) is 4.99 Å². The Kier molecular flexibility index (Phi) is 4.15. The van der Waals surface area contributed by atoms with Crippen LogP contribution in [0.3, 0.4) is 0 Å². The highest BCUT2D eigenvalue weighted by Gasteiger charge is 2.24. The Bertz CT molecular complexity index is 783. The van der Waals surface area contributed by atoms with Crippen LogP contribution in [0.1, 0.15) is 5.56 Å². The van der Waals surface area contributed by atoms with E-state index in [9.17, 15) is 9.90 Å². The Morgan fingerprint density at radius 1 is 1.27 bits per heavy atom. The van der Waals surface area contributed by atoms with Crippen molar-refractivity contribution in [1.82, 2.24) is 0 Å². The number of carbonyl (C=O) groups excluding carboxylic acids is 1. The van der Waals surface area contributed by atoms with E-state index < -0.39 is 6.04 Å². The van der Waals surface area contributed by atoms with Crippen molar-refractivity contribution < 1.29 is 14.6 Å². The van der Waals surface area contributed by atoms with Gasteiger partial charge < -0.3 is 9.84 Å². The van der Waals surface area contributed by atoms with Crippen LogP contribution in [0.15, 0.2) is 47.5 Å². The van der Waals surface area contributed by atoms with Gasteiger partial charge in [0.05, 0.1) is 12.2 Å². The van der Waals surface area contributed by atoms with Gasteiger partial charge in [0.1, 0.15) is 5.75 Å². The number of benzene rings is 2. The molecule has 1 heterocycles. The fourth-order valence-corrected chi connectivity index (χ4v) is 3.17. The van der Waals surface area contributed by atoms with E-state index in [0.717, 1.165) is 21.4 Å². The molecule has 1 N–H and O–H groups in total. The summed E-state index contributed by atoms with van der Waals surface area (Å²) in [5, 5.41) is 12.4. The van der Waals surface area contributed by atoms with Gasteiger partial charge in [-0.1, -0.05) is 24.3 Å². The van der Waals surface area contributed by atoms with Crippen LogP contribution >= 0.6 is 11.8 Å². The van der Waals surface area contributed by atoms with E-state index in [0.29, 0.717) is 5.75 Å². The lowest BCUT2D eigenvalue weighted by atomic mass is 10.1. The van der Waals surface area contributed by atoms with Crippen LogP contribution in [0.4, 0.5) is 0 Å². The predicted molar refractivity (Wildman–Crippen MR) is 90.3 cm³/mol. The van der Waals surface area contributed by atoms with E-state index in [1.807, 2.05) is 36.4 Å². The Morgan fingerprint density at radius 3 is 2.86 bits per heavy atom. The standard InChI is InChI=1S/C17H15NO3S/c1-21-17(20)15-10-22-16(18-15)7-3-11-2-4-13-9-14(19)6-5-12(13)8-11/h2-9,15,19H,10H2,1H3/t15-/m1/s1. The highest BCUT2D eigenvalue weighted by atomic mass is 32.2. The van der Waals surface area contributed by atoms with Crippen LogP contribution in [-0.4, -0.2) is 35.0 Å². The number of fused-ring (bicyclic) bond motifs is 1. The maximum atomic E-state index is 11.4. The second kappa shape index (κ2) is 6.23. The minimum atomic E-state index is -0.394. The number of aromatic hydroxyl groups is 1. The molecule has 1 atom stereocenters. The molecule has 0 amide bonds. The van der Waals surface area contributed by atoms with Crippen molar-refractivity contribution in [1.29, 1.82) is 0 Å². The maximum Gasteiger partial charge on any atom is 0.331 e. The molecule has 3 rings (SSSR count). The Balaban J connectivity index is 1.78. The van der Waals surface area contributed by atoms with Crippen molar-refractivity contribution in [3.8, 4) is 5.75 Å². The minimum Gasteiger partial charge on any atom is -0.508 e. The van der Waals surface area contributed by atoms with Crippen LogP contribution in [0.2, 0.25) is 0 Å². The molecular formula is C17H15NO3S. The Labute approximate surface area is 132 Å². The summed E-state index contributed by atoms with van der Waals surface area (Å²) < 4.78 is 4.70. The van der Waals surface area contributed by atoms with Crippen LogP contribution in [0, 0.1) is 0 Å². The molecule has 0 spiro atoms. The summed E-state index contributed by atoms with van der Waals surface area (Å²) in [7, 11) is 1.38. The molecule has 0 aromatic heterocycles. The number of ether oxygens (including phenoxy) is 1. The number of methoxy groups -OCH3 is 1.